The van der Waals surface area contributed by atoms with Crippen molar-refractivity contribution in [1.29, 1.82) is 0 Å². The molecular formula is C18H26N2O6S. The molecule has 27 heavy (non-hydrogen) atoms. The van der Waals surface area contributed by atoms with Crippen molar-refractivity contribution in [3.8, 4) is 11.5 Å². The van der Waals surface area contributed by atoms with Crippen molar-refractivity contribution in [3.63, 3.8) is 0 Å². The Morgan fingerprint density at radius 1 is 1.19 bits per heavy atom. The van der Waals surface area contributed by atoms with Crippen LogP contribution in [0.2, 0.25) is 0 Å². The molecule has 1 aliphatic heterocycles. The quantitative estimate of drug-likeness (QED) is 0.746. The van der Waals surface area contributed by atoms with Crippen molar-refractivity contribution < 1.29 is 27.5 Å². The van der Waals surface area contributed by atoms with E-state index in [0.717, 1.165) is 6.42 Å². The lowest BCUT2D eigenvalue weighted by molar-refractivity contribution is -0.128. The highest BCUT2D eigenvalue weighted by Gasteiger charge is 2.28. The summed E-state index contributed by atoms with van der Waals surface area (Å²) >= 11 is 0. The molecule has 1 atom stereocenters. The number of hydrogen-bond acceptors (Lipinski definition) is 6. The minimum atomic E-state index is -3.66. The smallest absolute Gasteiger partial charge is 0.242 e. The van der Waals surface area contributed by atoms with E-state index in [0.29, 0.717) is 30.4 Å². The fraction of sp³-hybridized carbons (Fsp3) is 0.556. The molecule has 1 aromatic rings. The van der Waals surface area contributed by atoms with Gasteiger partial charge in [-0.15, -0.1) is 0 Å². The number of hydrogen-bond donors (Lipinski definition) is 1. The number of ether oxygens (including phenoxy) is 2. The average molecular weight is 398 g/mol. The summed E-state index contributed by atoms with van der Waals surface area (Å²) in [5.41, 5.74) is 0.439. The molecule has 0 aromatic heterocycles. The first-order valence-corrected chi connectivity index (χ1v) is 10.5. The summed E-state index contributed by atoms with van der Waals surface area (Å²) in [5, 5.41) is 1.39. The van der Waals surface area contributed by atoms with Crippen molar-refractivity contribution in [3.05, 3.63) is 18.2 Å². The summed E-state index contributed by atoms with van der Waals surface area (Å²) in [4.78, 5) is 25.3. The number of benzene rings is 1. The Morgan fingerprint density at radius 2 is 1.85 bits per heavy atom. The molecule has 1 aliphatic rings. The molecule has 150 valence electrons. The zero-order chi connectivity index (χ0) is 20.0. The van der Waals surface area contributed by atoms with E-state index in [9.17, 15) is 18.0 Å². The van der Waals surface area contributed by atoms with Crippen LogP contribution in [0.15, 0.2) is 18.2 Å². The van der Waals surface area contributed by atoms with Crippen molar-refractivity contribution in [2.75, 3.05) is 38.4 Å². The standard InChI is InChI=1S/C18H26N2O6S/c1-13(27(23,24)11-4-6-17(21)20(2)3)18(22)19-14-7-8-15-16(12-14)26-10-5-9-25-15/h7-8,12-13H,4-6,9-11H2,1-3H3,(H,19,22). The number of carbonyl (C=O) groups is 2. The van der Waals surface area contributed by atoms with Gasteiger partial charge in [0.25, 0.3) is 0 Å². The fourth-order valence-corrected chi connectivity index (χ4v) is 3.76. The molecule has 0 saturated carbocycles. The van der Waals surface area contributed by atoms with Gasteiger partial charge in [0.1, 0.15) is 5.25 Å². The van der Waals surface area contributed by atoms with Crippen molar-refractivity contribution in [2.45, 2.75) is 31.4 Å². The number of nitrogens with one attached hydrogen (secondary N) is 1. The predicted molar refractivity (Wildman–Crippen MR) is 102 cm³/mol. The topological polar surface area (TPSA) is 102 Å². The molecule has 1 N–H and O–H groups in total. The molecule has 0 saturated heterocycles. The largest absolute Gasteiger partial charge is 0.490 e. The average Bonchev–Trinajstić information content (AvgIpc) is 2.85. The third-order valence-electron chi connectivity index (χ3n) is 4.24. The van der Waals surface area contributed by atoms with Gasteiger partial charge in [-0.3, -0.25) is 9.59 Å². The summed E-state index contributed by atoms with van der Waals surface area (Å²) in [6.07, 6.45) is 1.08. The van der Waals surface area contributed by atoms with Gasteiger partial charge in [0.2, 0.25) is 11.8 Å². The number of rotatable bonds is 7. The lowest BCUT2D eigenvalue weighted by Gasteiger charge is -2.15. The highest BCUT2D eigenvalue weighted by molar-refractivity contribution is 7.92. The molecule has 0 spiro atoms. The minimum Gasteiger partial charge on any atom is -0.490 e. The summed E-state index contributed by atoms with van der Waals surface area (Å²) in [7, 11) is -0.436. The second kappa shape index (κ2) is 9.07. The predicted octanol–water partition coefficient (Wildman–Crippen LogP) is 1.46. The van der Waals surface area contributed by atoms with Gasteiger partial charge in [-0.2, -0.15) is 0 Å². The Balaban J connectivity index is 1.96. The van der Waals surface area contributed by atoms with Gasteiger partial charge in [-0.1, -0.05) is 0 Å². The van der Waals surface area contributed by atoms with Crippen molar-refractivity contribution in [1.82, 2.24) is 4.90 Å². The van der Waals surface area contributed by atoms with Crippen LogP contribution in [-0.4, -0.2) is 63.4 Å². The van der Waals surface area contributed by atoms with Crippen molar-refractivity contribution >= 4 is 27.3 Å². The normalized spacial score (nSPS) is 14.8. The van der Waals surface area contributed by atoms with E-state index in [4.69, 9.17) is 9.47 Å². The van der Waals surface area contributed by atoms with Gasteiger partial charge in [0, 0.05) is 38.7 Å². The zero-order valence-corrected chi connectivity index (χ0v) is 16.7. The van der Waals surface area contributed by atoms with Gasteiger partial charge in [0.15, 0.2) is 21.3 Å². The van der Waals surface area contributed by atoms with E-state index in [1.807, 2.05) is 0 Å². The zero-order valence-electron chi connectivity index (χ0n) is 15.9. The summed E-state index contributed by atoms with van der Waals surface area (Å²) in [6, 6.07) is 4.94. The van der Waals surface area contributed by atoms with E-state index >= 15 is 0 Å². The van der Waals surface area contributed by atoms with Crippen LogP contribution in [0, 0.1) is 0 Å². The molecule has 0 radical (unpaired) electrons. The Kier molecular flexibility index (Phi) is 7.06. The van der Waals surface area contributed by atoms with Gasteiger partial charge in [0.05, 0.1) is 19.0 Å². The molecule has 1 unspecified atom stereocenters. The fourth-order valence-electron chi connectivity index (χ4n) is 2.47. The van der Waals surface area contributed by atoms with Crippen LogP contribution in [0.3, 0.4) is 0 Å². The summed E-state index contributed by atoms with van der Waals surface area (Å²) < 4.78 is 35.8. The van der Waals surface area contributed by atoms with Crippen LogP contribution < -0.4 is 14.8 Å². The monoisotopic (exact) mass is 398 g/mol. The Hall–Kier alpha value is -2.29. The number of sulfone groups is 1. The second-order valence-electron chi connectivity index (χ2n) is 6.60. The van der Waals surface area contributed by atoms with Gasteiger partial charge in [-0.05, 0) is 25.5 Å². The Morgan fingerprint density at radius 3 is 2.52 bits per heavy atom. The van der Waals surface area contributed by atoms with Crippen LogP contribution in [0.25, 0.3) is 0 Å². The SMILES string of the molecule is CC(C(=O)Nc1ccc2c(c1)OCCCO2)S(=O)(=O)CCCC(=O)N(C)C. The van der Waals surface area contributed by atoms with Gasteiger partial charge in [-0.25, -0.2) is 8.42 Å². The lowest BCUT2D eigenvalue weighted by Crippen LogP contribution is -2.34. The highest BCUT2D eigenvalue weighted by atomic mass is 32.2. The van der Waals surface area contributed by atoms with E-state index in [1.54, 1.807) is 32.3 Å². The number of amides is 2. The van der Waals surface area contributed by atoms with Crippen molar-refractivity contribution in [2.24, 2.45) is 0 Å². The molecule has 2 amide bonds. The molecule has 9 heteroatoms. The van der Waals surface area contributed by atoms with Crippen LogP contribution in [-0.2, 0) is 19.4 Å². The minimum absolute atomic E-state index is 0.128. The molecule has 1 heterocycles. The highest BCUT2D eigenvalue weighted by Crippen LogP contribution is 2.32. The van der Waals surface area contributed by atoms with Crippen LogP contribution in [0.5, 0.6) is 11.5 Å². The van der Waals surface area contributed by atoms with Crippen LogP contribution in [0.4, 0.5) is 5.69 Å². The number of fused-ring (bicyclic) bond motifs is 1. The number of nitrogens with zero attached hydrogens (tertiary/aromatic N) is 1. The molecule has 2 rings (SSSR count). The third kappa shape index (κ3) is 5.85. The first-order chi connectivity index (χ1) is 12.7. The summed E-state index contributed by atoms with van der Waals surface area (Å²) in [6.45, 7) is 2.42. The molecule has 0 aliphatic carbocycles. The van der Waals surface area contributed by atoms with E-state index in [-0.39, 0.29) is 24.5 Å². The maximum Gasteiger partial charge on any atom is 0.242 e. The maximum absolute atomic E-state index is 12.4. The Bertz CT molecular complexity index is 791. The number of anilines is 1. The first-order valence-electron chi connectivity index (χ1n) is 8.83. The number of carbonyl (C=O) groups excluding carboxylic acids is 2. The summed E-state index contributed by atoms with van der Waals surface area (Å²) in [5.74, 6) is 0.125. The maximum atomic E-state index is 12.4. The molecule has 1 aromatic carbocycles. The molecule has 0 fully saturated rings. The lowest BCUT2D eigenvalue weighted by atomic mass is 10.2. The van der Waals surface area contributed by atoms with Crippen LogP contribution >= 0.6 is 0 Å². The molecule has 0 bridgehead atoms. The first kappa shape index (κ1) is 21.0. The second-order valence-corrected chi connectivity index (χ2v) is 9.04. The molecular weight excluding hydrogens is 372 g/mol. The Labute approximate surface area is 159 Å². The van der Waals surface area contributed by atoms with E-state index in [1.165, 1.54) is 11.8 Å². The van der Waals surface area contributed by atoms with Gasteiger partial charge < -0.3 is 19.7 Å². The van der Waals surface area contributed by atoms with E-state index < -0.39 is 21.0 Å². The van der Waals surface area contributed by atoms with Crippen LogP contribution in [0.1, 0.15) is 26.2 Å². The third-order valence-corrected chi connectivity index (χ3v) is 6.39. The van der Waals surface area contributed by atoms with Gasteiger partial charge >= 0.3 is 0 Å². The molecule has 8 nitrogen and oxygen atoms in total. The van der Waals surface area contributed by atoms with E-state index in [2.05, 4.69) is 5.32 Å².